The van der Waals surface area contributed by atoms with E-state index in [-0.39, 0.29) is 5.91 Å². The Labute approximate surface area is 130 Å². The first-order valence-electron chi connectivity index (χ1n) is 8.41. The van der Waals surface area contributed by atoms with E-state index in [0.717, 1.165) is 12.2 Å². The summed E-state index contributed by atoms with van der Waals surface area (Å²) in [6.07, 6.45) is 7.22. The summed E-state index contributed by atoms with van der Waals surface area (Å²) in [4.78, 5) is 16.9. The lowest BCUT2D eigenvalue weighted by molar-refractivity contribution is 0.0740. The molecule has 5 nitrogen and oxygen atoms in total. The lowest BCUT2D eigenvalue weighted by Gasteiger charge is -2.17. The lowest BCUT2D eigenvalue weighted by atomic mass is 10.1. The van der Waals surface area contributed by atoms with Crippen LogP contribution in [0.1, 0.15) is 60.5 Å². The molecule has 0 atom stereocenters. The van der Waals surface area contributed by atoms with Crippen LogP contribution >= 0.6 is 0 Å². The highest BCUT2D eigenvalue weighted by Crippen LogP contribution is 2.44. The molecule has 0 radical (unpaired) electrons. The van der Waals surface area contributed by atoms with Crippen LogP contribution in [0.4, 0.5) is 0 Å². The Balaban J connectivity index is 1.50. The summed E-state index contributed by atoms with van der Waals surface area (Å²) < 4.78 is 5.90. The normalized spacial score (nSPS) is 20.8. The van der Waals surface area contributed by atoms with E-state index in [4.69, 9.17) is 10.6 Å². The first-order chi connectivity index (χ1) is 10.7. The van der Waals surface area contributed by atoms with Gasteiger partial charge in [0.1, 0.15) is 5.69 Å². The minimum Gasteiger partial charge on any atom is -0.477 e. The van der Waals surface area contributed by atoms with Crippen LogP contribution in [0.3, 0.4) is 0 Å². The van der Waals surface area contributed by atoms with Gasteiger partial charge in [-0.2, -0.15) is 0 Å². The van der Waals surface area contributed by atoms with Gasteiger partial charge in [-0.25, -0.2) is 10.8 Å². The van der Waals surface area contributed by atoms with Gasteiger partial charge in [0.25, 0.3) is 5.91 Å². The molecule has 2 N–H and O–H groups in total. The second-order valence-electron chi connectivity index (χ2n) is 7.02. The Kier molecular flexibility index (Phi) is 3.53. The number of amides is 1. The standard InChI is InChI=1S/C17H23N3O2/c18-20(9-11-1-2-11)17(21)15-8-7-14(13-5-6-13)16(19-15)22-10-12-3-4-12/h7-8,11-13H,1-6,9-10,18H2. The molecule has 3 saturated carbocycles. The third-order valence-electron chi connectivity index (χ3n) is 4.69. The molecule has 1 aromatic rings. The van der Waals surface area contributed by atoms with E-state index in [1.165, 1.54) is 43.5 Å². The molecule has 1 heterocycles. The number of ether oxygens (including phenoxy) is 1. The first kappa shape index (κ1) is 14.0. The van der Waals surface area contributed by atoms with E-state index >= 15 is 0 Å². The molecule has 1 amide bonds. The average Bonchev–Trinajstić information content (AvgIpc) is 3.39. The van der Waals surface area contributed by atoms with E-state index in [1.54, 1.807) is 6.07 Å². The lowest BCUT2D eigenvalue weighted by Crippen LogP contribution is -2.39. The van der Waals surface area contributed by atoms with Crippen LogP contribution in [0.5, 0.6) is 5.88 Å². The van der Waals surface area contributed by atoms with Crippen molar-refractivity contribution in [2.45, 2.75) is 44.4 Å². The molecule has 0 unspecified atom stereocenters. The molecule has 1 aromatic heterocycles. The average molecular weight is 301 g/mol. The number of carbonyl (C=O) groups excluding carboxylic acids is 1. The van der Waals surface area contributed by atoms with Crippen molar-refractivity contribution < 1.29 is 9.53 Å². The predicted molar refractivity (Wildman–Crippen MR) is 82.4 cm³/mol. The fraction of sp³-hybridized carbons (Fsp3) is 0.647. The minimum absolute atomic E-state index is 0.203. The summed E-state index contributed by atoms with van der Waals surface area (Å²) in [7, 11) is 0. The van der Waals surface area contributed by atoms with Gasteiger partial charge in [0.15, 0.2) is 0 Å². The third-order valence-corrected chi connectivity index (χ3v) is 4.69. The Bertz CT molecular complexity index is 577. The van der Waals surface area contributed by atoms with E-state index in [1.807, 2.05) is 6.07 Å². The molecule has 5 heteroatoms. The highest BCUT2D eigenvalue weighted by molar-refractivity contribution is 5.92. The SMILES string of the molecule is NN(CC1CC1)C(=O)c1ccc(C2CC2)c(OCC2CC2)n1. The van der Waals surface area contributed by atoms with Gasteiger partial charge in [-0.15, -0.1) is 0 Å². The van der Waals surface area contributed by atoms with E-state index in [2.05, 4.69) is 4.98 Å². The maximum atomic E-state index is 12.4. The van der Waals surface area contributed by atoms with Gasteiger partial charge in [-0.3, -0.25) is 9.80 Å². The first-order valence-corrected chi connectivity index (χ1v) is 8.41. The van der Waals surface area contributed by atoms with Gasteiger partial charge in [-0.1, -0.05) is 6.07 Å². The largest absolute Gasteiger partial charge is 0.477 e. The summed E-state index contributed by atoms with van der Waals surface area (Å²) in [5.74, 6) is 8.15. The number of nitrogens with zero attached hydrogens (tertiary/aromatic N) is 2. The predicted octanol–water partition coefficient (Wildman–Crippen LogP) is 2.47. The van der Waals surface area contributed by atoms with E-state index < -0.39 is 0 Å². The van der Waals surface area contributed by atoms with Gasteiger partial charge < -0.3 is 4.74 Å². The fourth-order valence-corrected chi connectivity index (χ4v) is 2.68. The van der Waals surface area contributed by atoms with Crippen molar-refractivity contribution in [3.8, 4) is 5.88 Å². The molecule has 0 bridgehead atoms. The number of hydrogen-bond donors (Lipinski definition) is 1. The molecular weight excluding hydrogens is 278 g/mol. The Morgan fingerprint density at radius 2 is 1.91 bits per heavy atom. The van der Waals surface area contributed by atoms with Crippen molar-refractivity contribution in [2.75, 3.05) is 13.2 Å². The number of nitrogens with two attached hydrogens (primary N) is 1. The van der Waals surface area contributed by atoms with Crippen molar-refractivity contribution in [3.63, 3.8) is 0 Å². The summed E-state index contributed by atoms with van der Waals surface area (Å²) in [6.45, 7) is 1.35. The molecule has 0 saturated heterocycles. The minimum atomic E-state index is -0.203. The highest BCUT2D eigenvalue weighted by atomic mass is 16.5. The van der Waals surface area contributed by atoms with Crippen LogP contribution in [0.15, 0.2) is 12.1 Å². The van der Waals surface area contributed by atoms with Crippen molar-refractivity contribution in [3.05, 3.63) is 23.4 Å². The Morgan fingerprint density at radius 3 is 2.55 bits per heavy atom. The number of aromatic nitrogens is 1. The van der Waals surface area contributed by atoms with Crippen molar-refractivity contribution in [1.29, 1.82) is 0 Å². The summed E-state index contributed by atoms with van der Waals surface area (Å²) in [5, 5.41) is 1.31. The summed E-state index contributed by atoms with van der Waals surface area (Å²) in [6, 6.07) is 3.80. The maximum Gasteiger partial charge on any atom is 0.286 e. The molecule has 3 aliphatic rings. The van der Waals surface area contributed by atoms with Crippen LogP contribution in [-0.4, -0.2) is 29.1 Å². The van der Waals surface area contributed by atoms with Gasteiger partial charge in [0.2, 0.25) is 5.88 Å². The van der Waals surface area contributed by atoms with Gasteiger partial charge in [-0.05, 0) is 62.3 Å². The van der Waals surface area contributed by atoms with Crippen molar-refractivity contribution in [2.24, 2.45) is 17.7 Å². The van der Waals surface area contributed by atoms with Gasteiger partial charge >= 0.3 is 0 Å². The van der Waals surface area contributed by atoms with Crippen LogP contribution in [0.2, 0.25) is 0 Å². The zero-order valence-electron chi connectivity index (χ0n) is 12.8. The van der Waals surface area contributed by atoms with Crippen molar-refractivity contribution in [1.82, 2.24) is 9.99 Å². The molecule has 0 spiro atoms. The van der Waals surface area contributed by atoms with Crippen LogP contribution in [-0.2, 0) is 0 Å². The Morgan fingerprint density at radius 1 is 1.18 bits per heavy atom. The van der Waals surface area contributed by atoms with Crippen LogP contribution in [0.25, 0.3) is 0 Å². The third kappa shape index (κ3) is 3.24. The van der Waals surface area contributed by atoms with E-state index in [9.17, 15) is 4.79 Å². The van der Waals surface area contributed by atoms with E-state index in [0.29, 0.717) is 35.9 Å². The maximum absolute atomic E-state index is 12.4. The van der Waals surface area contributed by atoms with Gasteiger partial charge in [0.05, 0.1) is 6.61 Å². The second-order valence-corrected chi connectivity index (χ2v) is 7.02. The van der Waals surface area contributed by atoms with Gasteiger partial charge in [0, 0.05) is 12.1 Å². The zero-order chi connectivity index (χ0) is 15.1. The highest BCUT2D eigenvalue weighted by Gasteiger charge is 2.31. The number of hydrogen-bond acceptors (Lipinski definition) is 4. The Hall–Kier alpha value is -1.62. The number of rotatable bonds is 7. The van der Waals surface area contributed by atoms with Crippen molar-refractivity contribution >= 4 is 5.91 Å². The van der Waals surface area contributed by atoms with Crippen LogP contribution in [0, 0.1) is 11.8 Å². The number of hydrazine groups is 1. The smallest absolute Gasteiger partial charge is 0.286 e. The fourth-order valence-electron chi connectivity index (χ4n) is 2.68. The zero-order valence-corrected chi connectivity index (χ0v) is 12.8. The quantitative estimate of drug-likeness (QED) is 0.477. The molecule has 22 heavy (non-hydrogen) atoms. The molecule has 0 aromatic carbocycles. The monoisotopic (exact) mass is 301 g/mol. The second kappa shape index (κ2) is 5.54. The molecule has 3 aliphatic carbocycles. The molecule has 0 aliphatic heterocycles. The topological polar surface area (TPSA) is 68.5 Å². The summed E-state index contributed by atoms with van der Waals surface area (Å²) in [5.41, 5.74) is 1.56. The molecule has 118 valence electrons. The van der Waals surface area contributed by atoms with Crippen LogP contribution < -0.4 is 10.6 Å². The summed E-state index contributed by atoms with van der Waals surface area (Å²) >= 11 is 0. The number of pyridine rings is 1. The molecule has 4 rings (SSSR count). The molecular formula is C17H23N3O2. The molecule has 3 fully saturated rings. The number of carbonyl (C=O) groups is 1.